The minimum atomic E-state index is -1.50. The number of piperidine rings is 1. The Labute approximate surface area is 304 Å². The third-order valence-corrected chi connectivity index (χ3v) is 9.01. The maximum atomic E-state index is 15.2. The highest BCUT2D eigenvalue weighted by molar-refractivity contribution is 6.11. The summed E-state index contributed by atoms with van der Waals surface area (Å²) >= 11 is 0. The van der Waals surface area contributed by atoms with Crippen LogP contribution in [0.3, 0.4) is 0 Å². The first-order valence-electron chi connectivity index (χ1n) is 15.7. The van der Waals surface area contributed by atoms with E-state index >= 15 is 4.48 Å². The molecule has 1 saturated carbocycles. The van der Waals surface area contributed by atoms with Crippen molar-refractivity contribution in [1.29, 1.82) is 0 Å². The smallest absolute Gasteiger partial charge is 0.323 e. The number of nitrogens with one attached hydrogen (secondary N) is 1. The number of esters is 1. The monoisotopic (exact) mass is 738 g/mol. The Kier molecular flexibility index (Phi) is 14.5. The van der Waals surface area contributed by atoms with E-state index in [2.05, 4.69) is 27.1 Å². The lowest BCUT2D eigenvalue weighted by Crippen LogP contribution is -2.53. The van der Waals surface area contributed by atoms with Crippen molar-refractivity contribution in [3.63, 3.8) is 0 Å². The lowest BCUT2D eigenvalue weighted by atomic mass is 10.0. The van der Waals surface area contributed by atoms with Crippen molar-refractivity contribution in [3.8, 4) is 11.5 Å². The van der Waals surface area contributed by atoms with E-state index in [1.165, 1.54) is 30.5 Å². The highest BCUT2D eigenvalue weighted by Crippen LogP contribution is 2.49. The van der Waals surface area contributed by atoms with E-state index in [0.29, 0.717) is 36.4 Å². The van der Waals surface area contributed by atoms with Crippen molar-refractivity contribution < 1.29 is 28.3 Å². The molecule has 266 valence electrons. The van der Waals surface area contributed by atoms with Gasteiger partial charge >= 0.3 is 12.0 Å². The fourth-order valence-electron chi connectivity index (χ4n) is 5.93. The first kappa shape index (κ1) is 39.8. The second kappa shape index (κ2) is 17.8. The zero-order valence-corrected chi connectivity index (χ0v) is 29.6. The number of pyridine rings is 1. The van der Waals surface area contributed by atoms with Crippen molar-refractivity contribution in [2.75, 3.05) is 56.8 Å². The lowest BCUT2D eigenvalue weighted by molar-refractivity contribution is -0.155. The summed E-state index contributed by atoms with van der Waals surface area (Å²) in [7, 11) is 2.15. The molecule has 3 amide bonds. The Bertz CT molecular complexity index is 1540. The first-order valence-corrected chi connectivity index (χ1v) is 15.7. The predicted molar refractivity (Wildman–Crippen MR) is 192 cm³/mol. The topological polar surface area (TPSA) is 108 Å². The Morgan fingerprint density at radius 2 is 1.55 bits per heavy atom. The maximum Gasteiger partial charge on any atom is 0.323 e. The summed E-state index contributed by atoms with van der Waals surface area (Å²) in [6.07, 6.45) is 3.90. The summed E-state index contributed by atoms with van der Waals surface area (Å²) in [5.41, 5.74) is -0.747. The second-order valence-electron chi connectivity index (χ2n) is 12.2. The van der Waals surface area contributed by atoms with Crippen molar-refractivity contribution in [1.82, 2.24) is 19.7 Å². The molecule has 15 heteroatoms. The van der Waals surface area contributed by atoms with Crippen LogP contribution in [0.15, 0.2) is 72.9 Å². The van der Waals surface area contributed by atoms with Gasteiger partial charge in [0.05, 0.1) is 5.69 Å². The fourth-order valence-corrected chi connectivity index (χ4v) is 5.93. The molecule has 0 atom stereocenters. The van der Waals surface area contributed by atoms with Crippen LogP contribution in [0.5, 0.6) is 11.5 Å². The van der Waals surface area contributed by atoms with E-state index in [0.717, 1.165) is 44.6 Å². The number of hydrogen-bond acceptors (Lipinski definition) is 8. The van der Waals surface area contributed by atoms with Crippen molar-refractivity contribution in [3.05, 3.63) is 78.5 Å². The van der Waals surface area contributed by atoms with Gasteiger partial charge in [-0.15, -0.1) is 42.3 Å². The third kappa shape index (κ3) is 9.73. The molecule has 49 heavy (non-hydrogen) atoms. The number of anilines is 2. The molecule has 1 aromatic heterocycles. The number of ether oxygens (including phenoxy) is 2. The van der Waals surface area contributed by atoms with Crippen LogP contribution in [0.4, 0.5) is 20.8 Å². The van der Waals surface area contributed by atoms with E-state index < -0.39 is 17.3 Å². The van der Waals surface area contributed by atoms with Gasteiger partial charge in [-0.25, -0.2) is 9.78 Å². The van der Waals surface area contributed by atoms with Gasteiger partial charge in [0.2, 0.25) is 0 Å². The molecule has 1 aliphatic carbocycles. The zero-order valence-electron chi connectivity index (χ0n) is 27.2. The van der Waals surface area contributed by atoms with E-state index in [4.69, 9.17) is 9.47 Å². The molecule has 2 aromatic carbocycles. The molecule has 0 unspecified atom stereocenters. The second-order valence-corrected chi connectivity index (χ2v) is 12.2. The Morgan fingerprint density at radius 1 is 0.898 bits per heavy atom. The molecule has 6 rings (SSSR count). The van der Waals surface area contributed by atoms with Crippen LogP contribution in [0.25, 0.3) is 0 Å². The molecule has 11 nitrogen and oxygen atoms in total. The number of hydrogen-bond donors (Lipinski definition) is 1. The van der Waals surface area contributed by atoms with Gasteiger partial charge in [0.25, 0.3) is 5.91 Å². The summed E-state index contributed by atoms with van der Waals surface area (Å²) in [6.45, 7) is 5.70. The molecule has 2 saturated heterocycles. The van der Waals surface area contributed by atoms with Gasteiger partial charge in [0.1, 0.15) is 29.3 Å². The number of aromatic nitrogens is 1. The van der Waals surface area contributed by atoms with E-state index in [1.54, 1.807) is 12.1 Å². The molecule has 3 fully saturated rings. The summed E-state index contributed by atoms with van der Waals surface area (Å²) in [5.74, 6) is -0.493. The number of amides is 3. The number of nitrogens with zero attached hydrogens (tertiary/aromatic N) is 5. The molecule has 3 aliphatic rings. The third-order valence-electron chi connectivity index (χ3n) is 9.01. The Balaban J connectivity index is 0.00000217. The molecule has 2 aliphatic heterocycles. The molecule has 0 spiro atoms. The number of rotatable bonds is 9. The van der Waals surface area contributed by atoms with E-state index in [1.807, 2.05) is 35.2 Å². The van der Waals surface area contributed by atoms with Crippen LogP contribution in [-0.2, 0) is 20.9 Å². The predicted octanol–water partition coefficient (Wildman–Crippen LogP) is 6.12. The van der Waals surface area contributed by atoms with E-state index in [9.17, 15) is 14.4 Å². The molecule has 0 radical (unpaired) electrons. The maximum absolute atomic E-state index is 15.2. The average Bonchev–Trinajstić information content (AvgIpc) is 3.90. The summed E-state index contributed by atoms with van der Waals surface area (Å²) < 4.78 is 26.4. The highest BCUT2D eigenvalue weighted by atomic mass is 35.5. The summed E-state index contributed by atoms with van der Waals surface area (Å²) in [5, 5.41) is 2.86. The van der Waals surface area contributed by atoms with Gasteiger partial charge in [-0.05, 0) is 68.6 Å². The van der Waals surface area contributed by atoms with Crippen LogP contribution in [0.1, 0.15) is 31.2 Å². The number of likely N-dealkylation sites (tertiary alicyclic amines) is 1. The molecule has 1 N–H and O–H groups in total. The molecular formula is C34H42Cl3FN6O5. The highest BCUT2D eigenvalue weighted by Gasteiger charge is 2.60. The summed E-state index contributed by atoms with van der Waals surface area (Å²) in [6, 6.07) is 18.5. The largest absolute Gasteiger partial charge is 0.460 e. The van der Waals surface area contributed by atoms with Crippen LogP contribution < -0.4 is 15.2 Å². The number of benzene rings is 2. The lowest BCUT2D eigenvalue weighted by Gasteiger charge is -2.42. The minimum absolute atomic E-state index is 0. The van der Waals surface area contributed by atoms with Crippen LogP contribution in [0.2, 0.25) is 0 Å². The van der Waals surface area contributed by atoms with Gasteiger partial charge in [-0.2, -0.15) is 0 Å². The van der Waals surface area contributed by atoms with Crippen LogP contribution in [0, 0.1) is 5.41 Å². The van der Waals surface area contributed by atoms with Gasteiger partial charge < -0.3 is 19.3 Å². The van der Waals surface area contributed by atoms with Gasteiger partial charge in [0, 0.05) is 57.6 Å². The number of urea groups is 1. The Hall–Kier alpha value is -3.68. The number of piperazine rings is 1. The number of halogens is 4. The average molecular weight is 740 g/mol. The Morgan fingerprint density at radius 3 is 2.18 bits per heavy atom. The number of carbonyl (C=O) groups excluding carboxylic acids is 3. The van der Waals surface area contributed by atoms with Crippen molar-refractivity contribution in [2.45, 2.75) is 38.3 Å². The zero-order chi connectivity index (χ0) is 32.1. The van der Waals surface area contributed by atoms with Crippen molar-refractivity contribution in [2.24, 2.45) is 5.41 Å². The molecule has 3 aromatic rings. The number of carbonyl (C=O) groups is 3. The summed E-state index contributed by atoms with van der Waals surface area (Å²) in [4.78, 5) is 49.6. The van der Waals surface area contributed by atoms with E-state index in [-0.39, 0.29) is 73.5 Å². The molecule has 0 bridgehead atoms. The standard InChI is InChI=1S/C34H39FN6O5.3ClH/c1-38-19-21-39(22-20-38)26-12-17-40(18-13-26)33(44)37-30-23-29(11-16-36-30)46-28-9-7-27(8-10-28)41(35)31(42)34(14-15-34)32(43)45-24-25-5-3-2-4-6-25;;;/h2-11,16,23,26H,12-15,17-22,24H2,1H3,(H,36,37,44);3*1H. The van der Waals surface area contributed by atoms with Gasteiger partial charge in [-0.3, -0.25) is 19.8 Å². The molecule has 3 heterocycles. The van der Waals surface area contributed by atoms with Gasteiger partial charge in [0.15, 0.2) is 0 Å². The molecular weight excluding hydrogens is 698 g/mol. The fraction of sp³-hybridized carbons (Fsp3) is 0.412. The first-order chi connectivity index (χ1) is 22.3. The quantitative estimate of drug-likeness (QED) is 0.159. The van der Waals surface area contributed by atoms with Gasteiger partial charge in [-0.1, -0.05) is 34.8 Å². The van der Waals surface area contributed by atoms with Crippen LogP contribution in [-0.4, -0.2) is 89.9 Å². The minimum Gasteiger partial charge on any atom is -0.460 e. The van der Waals surface area contributed by atoms with Crippen molar-refractivity contribution >= 4 is 66.6 Å². The SMILES string of the molecule is CN1CCN(C2CCN(C(=O)Nc3cc(Oc4ccc(N(F)C(=O)C5(C(=O)OCc6ccccc6)CC5)cc4)ccn3)CC2)CC1.Cl.Cl.Cl. The number of likely N-dealkylation sites (N-methyl/N-ethyl adjacent to an activating group) is 1. The van der Waals surface area contributed by atoms with Crippen LogP contribution >= 0.6 is 37.2 Å². The normalized spacial score (nSPS) is 17.3.